The molecular formula is C18H28N2O2. The van der Waals surface area contributed by atoms with Gasteiger partial charge in [-0.2, -0.15) is 0 Å². The van der Waals surface area contributed by atoms with Crippen molar-refractivity contribution in [2.24, 2.45) is 5.73 Å². The molecule has 2 N–H and O–H groups in total. The monoisotopic (exact) mass is 304 g/mol. The van der Waals surface area contributed by atoms with Crippen molar-refractivity contribution in [2.45, 2.75) is 44.6 Å². The van der Waals surface area contributed by atoms with E-state index in [1.807, 2.05) is 0 Å². The topological polar surface area (TPSA) is 55.6 Å². The molecule has 1 fully saturated rings. The molecule has 1 aliphatic heterocycles. The second-order valence-corrected chi connectivity index (χ2v) is 6.60. The van der Waals surface area contributed by atoms with Crippen LogP contribution in [0.3, 0.4) is 0 Å². The third kappa shape index (κ3) is 4.55. The number of carbonyl (C=O) groups excluding carboxylic acids is 1. The Hall–Kier alpha value is -1.39. The summed E-state index contributed by atoms with van der Waals surface area (Å²) in [7, 11) is 1.43. The number of rotatable bonds is 5. The molecule has 122 valence electrons. The number of piperidine rings is 1. The third-order valence-corrected chi connectivity index (χ3v) is 4.49. The van der Waals surface area contributed by atoms with Gasteiger partial charge in [-0.3, -0.25) is 4.79 Å². The minimum Gasteiger partial charge on any atom is -0.469 e. The van der Waals surface area contributed by atoms with E-state index >= 15 is 0 Å². The van der Waals surface area contributed by atoms with Crippen LogP contribution in [0.1, 0.15) is 49.7 Å². The molecule has 0 amide bonds. The second kappa shape index (κ2) is 7.75. The molecule has 2 unspecified atom stereocenters. The Balaban J connectivity index is 1.99. The summed E-state index contributed by atoms with van der Waals surface area (Å²) in [4.78, 5) is 13.6. The fraction of sp³-hybridized carbons (Fsp3) is 0.611. The van der Waals surface area contributed by atoms with Gasteiger partial charge in [0.15, 0.2) is 0 Å². The summed E-state index contributed by atoms with van der Waals surface area (Å²) in [6.07, 6.45) is 1.44. The van der Waals surface area contributed by atoms with Crippen LogP contribution >= 0.6 is 0 Å². The molecule has 1 aromatic carbocycles. The van der Waals surface area contributed by atoms with E-state index in [4.69, 9.17) is 10.5 Å². The van der Waals surface area contributed by atoms with E-state index in [9.17, 15) is 4.79 Å². The van der Waals surface area contributed by atoms with Crippen LogP contribution in [0.4, 0.5) is 0 Å². The van der Waals surface area contributed by atoms with Gasteiger partial charge >= 0.3 is 5.97 Å². The first-order valence-corrected chi connectivity index (χ1v) is 8.14. The largest absolute Gasteiger partial charge is 0.469 e. The molecule has 0 aliphatic carbocycles. The molecule has 2 atom stereocenters. The van der Waals surface area contributed by atoms with Crippen LogP contribution in [0.25, 0.3) is 0 Å². The predicted molar refractivity (Wildman–Crippen MR) is 88.9 cm³/mol. The zero-order chi connectivity index (χ0) is 16.1. The van der Waals surface area contributed by atoms with Crippen LogP contribution in [0.15, 0.2) is 24.3 Å². The SMILES string of the molecule is COC(=O)CCN1CC(N)CC(c2ccc(C(C)C)cc2)C1. The zero-order valence-corrected chi connectivity index (χ0v) is 13.9. The van der Waals surface area contributed by atoms with Crippen LogP contribution in [-0.2, 0) is 9.53 Å². The number of nitrogens with two attached hydrogens (primary N) is 1. The summed E-state index contributed by atoms with van der Waals surface area (Å²) in [5.41, 5.74) is 8.93. The Bertz CT molecular complexity index is 484. The number of methoxy groups -OCH3 is 1. The molecule has 0 aromatic heterocycles. The molecule has 4 nitrogen and oxygen atoms in total. The first-order chi connectivity index (χ1) is 10.5. The number of hydrogen-bond acceptors (Lipinski definition) is 4. The van der Waals surface area contributed by atoms with Crippen LogP contribution in [0, 0.1) is 0 Å². The fourth-order valence-electron chi connectivity index (χ4n) is 3.16. The maximum Gasteiger partial charge on any atom is 0.306 e. The number of benzene rings is 1. The van der Waals surface area contributed by atoms with Crippen molar-refractivity contribution in [1.29, 1.82) is 0 Å². The van der Waals surface area contributed by atoms with Gasteiger partial charge in [0.25, 0.3) is 0 Å². The van der Waals surface area contributed by atoms with Crippen LogP contribution in [0.5, 0.6) is 0 Å². The summed E-state index contributed by atoms with van der Waals surface area (Å²) in [5, 5.41) is 0. The van der Waals surface area contributed by atoms with Crippen molar-refractivity contribution in [1.82, 2.24) is 4.90 Å². The Labute approximate surface area is 133 Å². The summed E-state index contributed by atoms with van der Waals surface area (Å²) >= 11 is 0. The Morgan fingerprint density at radius 3 is 2.59 bits per heavy atom. The minimum absolute atomic E-state index is 0.156. The van der Waals surface area contributed by atoms with E-state index in [0.717, 1.165) is 26.1 Å². The van der Waals surface area contributed by atoms with Crippen molar-refractivity contribution < 1.29 is 9.53 Å². The van der Waals surface area contributed by atoms with Crippen LogP contribution in [-0.4, -0.2) is 43.7 Å². The zero-order valence-electron chi connectivity index (χ0n) is 13.9. The lowest BCUT2D eigenvalue weighted by Crippen LogP contribution is -2.46. The number of esters is 1. The molecule has 4 heteroatoms. The Kier molecular flexibility index (Phi) is 5.98. The van der Waals surface area contributed by atoms with Crippen molar-refractivity contribution >= 4 is 5.97 Å². The van der Waals surface area contributed by atoms with E-state index < -0.39 is 0 Å². The van der Waals surface area contributed by atoms with E-state index in [1.165, 1.54) is 18.2 Å². The van der Waals surface area contributed by atoms with E-state index in [2.05, 4.69) is 43.0 Å². The molecular weight excluding hydrogens is 276 g/mol. The first-order valence-electron chi connectivity index (χ1n) is 8.14. The van der Waals surface area contributed by atoms with Crippen molar-refractivity contribution in [3.05, 3.63) is 35.4 Å². The van der Waals surface area contributed by atoms with Gasteiger partial charge < -0.3 is 15.4 Å². The predicted octanol–water partition coefficient (Wildman–Crippen LogP) is 2.49. The first kappa shape index (κ1) is 17.0. The van der Waals surface area contributed by atoms with E-state index in [0.29, 0.717) is 18.3 Å². The highest BCUT2D eigenvalue weighted by Crippen LogP contribution is 2.27. The van der Waals surface area contributed by atoms with Crippen molar-refractivity contribution in [3.8, 4) is 0 Å². The molecule has 0 bridgehead atoms. The highest BCUT2D eigenvalue weighted by atomic mass is 16.5. The number of ether oxygens (including phenoxy) is 1. The molecule has 0 saturated carbocycles. The molecule has 0 spiro atoms. The standard InChI is InChI=1S/C18H28N2O2/c1-13(2)14-4-6-15(7-5-14)16-10-17(19)12-20(11-16)9-8-18(21)22-3/h4-7,13,16-17H,8-12,19H2,1-3H3. The van der Waals surface area contributed by atoms with Gasteiger partial charge in [-0.15, -0.1) is 0 Å². The van der Waals surface area contributed by atoms with Gasteiger partial charge in [0.1, 0.15) is 0 Å². The molecule has 1 aliphatic rings. The maximum atomic E-state index is 11.3. The summed E-state index contributed by atoms with van der Waals surface area (Å²) in [5.74, 6) is 0.846. The highest BCUT2D eigenvalue weighted by Gasteiger charge is 2.26. The van der Waals surface area contributed by atoms with Gasteiger partial charge in [-0.05, 0) is 29.4 Å². The number of hydrogen-bond donors (Lipinski definition) is 1. The van der Waals surface area contributed by atoms with Gasteiger partial charge in [-0.1, -0.05) is 38.1 Å². The quantitative estimate of drug-likeness (QED) is 0.849. The number of nitrogens with zero attached hydrogens (tertiary/aromatic N) is 1. The highest BCUT2D eigenvalue weighted by molar-refractivity contribution is 5.69. The van der Waals surface area contributed by atoms with Crippen LogP contribution in [0.2, 0.25) is 0 Å². The molecule has 1 saturated heterocycles. The molecule has 22 heavy (non-hydrogen) atoms. The van der Waals surface area contributed by atoms with Gasteiger partial charge in [0, 0.05) is 25.7 Å². The number of likely N-dealkylation sites (tertiary alicyclic amines) is 1. The van der Waals surface area contributed by atoms with Gasteiger partial charge in [0.2, 0.25) is 0 Å². The lowest BCUT2D eigenvalue weighted by molar-refractivity contribution is -0.141. The molecule has 1 aromatic rings. The van der Waals surface area contributed by atoms with Crippen LogP contribution < -0.4 is 5.73 Å². The molecule has 2 rings (SSSR count). The number of carbonyl (C=O) groups is 1. The minimum atomic E-state index is -0.156. The average Bonchev–Trinajstić information content (AvgIpc) is 2.52. The van der Waals surface area contributed by atoms with Gasteiger partial charge in [0.05, 0.1) is 13.5 Å². The fourth-order valence-corrected chi connectivity index (χ4v) is 3.16. The summed E-state index contributed by atoms with van der Waals surface area (Å²) in [6.45, 7) is 6.96. The van der Waals surface area contributed by atoms with Gasteiger partial charge in [-0.25, -0.2) is 0 Å². The van der Waals surface area contributed by atoms with Crippen molar-refractivity contribution in [2.75, 3.05) is 26.7 Å². The average molecular weight is 304 g/mol. The molecule has 1 heterocycles. The Morgan fingerprint density at radius 2 is 2.00 bits per heavy atom. The van der Waals surface area contributed by atoms with Crippen molar-refractivity contribution in [3.63, 3.8) is 0 Å². The van der Waals surface area contributed by atoms with E-state index in [-0.39, 0.29) is 12.0 Å². The summed E-state index contributed by atoms with van der Waals surface area (Å²) in [6, 6.07) is 9.08. The molecule has 0 radical (unpaired) electrons. The van der Waals surface area contributed by atoms with E-state index in [1.54, 1.807) is 0 Å². The summed E-state index contributed by atoms with van der Waals surface area (Å²) < 4.78 is 4.72. The lowest BCUT2D eigenvalue weighted by Gasteiger charge is -2.36. The maximum absolute atomic E-state index is 11.3. The lowest BCUT2D eigenvalue weighted by atomic mass is 9.87. The third-order valence-electron chi connectivity index (χ3n) is 4.49. The smallest absolute Gasteiger partial charge is 0.306 e. The Morgan fingerprint density at radius 1 is 1.32 bits per heavy atom. The normalized spacial score (nSPS) is 22.8. The second-order valence-electron chi connectivity index (χ2n) is 6.60.